The van der Waals surface area contributed by atoms with Gasteiger partial charge in [-0.1, -0.05) is 6.42 Å². The molecule has 1 fully saturated rings. The van der Waals surface area contributed by atoms with Gasteiger partial charge in [-0.3, -0.25) is 4.79 Å². The number of thiol groups is 1. The summed E-state index contributed by atoms with van der Waals surface area (Å²) in [6.07, 6.45) is 7.82. The molecule has 2 nitrogen and oxygen atoms in total. The molecule has 1 saturated heterocycles. The monoisotopic (exact) mass is 221 g/mol. The highest BCUT2D eigenvalue weighted by Crippen LogP contribution is 2.51. The summed E-state index contributed by atoms with van der Waals surface area (Å²) in [7, 11) is 2.38. The average molecular weight is 221 g/mol. The van der Waals surface area contributed by atoms with Gasteiger partial charge in [0.2, 0.25) is 5.91 Å². The van der Waals surface area contributed by atoms with E-state index in [2.05, 4.69) is 17.0 Å². The van der Waals surface area contributed by atoms with Gasteiger partial charge in [-0.05, 0) is 30.8 Å². The Bertz CT molecular complexity index is 175. The molecule has 0 aromatic heterocycles. The van der Waals surface area contributed by atoms with Crippen LogP contribution in [0.1, 0.15) is 32.1 Å². The molecule has 1 aliphatic rings. The molecule has 1 amide bonds. The van der Waals surface area contributed by atoms with E-state index in [1.54, 1.807) is 0 Å². The van der Waals surface area contributed by atoms with Crippen LogP contribution in [0.15, 0.2) is 0 Å². The SMILES string of the molecule is C[SH]1SCCC1CCCCC(N)=O. The molecule has 2 atom stereocenters. The predicted molar refractivity (Wildman–Crippen MR) is 63.4 cm³/mol. The zero-order valence-electron chi connectivity index (χ0n) is 8.16. The molecule has 1 heterocycles. The maximum atomic E-state index is 10.5. The van der Waals surface area contributed by atoms with Gasteiger partial charge in [0.1, 0.15) is 0 Å². The zero-order valence-corrected chi connectivity index (χ0v) is 9.87. The van der Waals surface area contributed by atoms with E-state index in [0.717, 1.165) is 11.7 Å². The molecule has 0 saturated carbocycles. The summed E-state index contributed by atoms with van der Waals surface area (Å²) in [5.41, 5.74) is 5.07. The van der Waals surface area contributed by atoms with Crippen LogP contribution in [0.2, 0.25) is 0 Å². The van der Waals surface area contributed by atoms with Crippen LogP contribution in [0.4, 0.5) is 0 Å². The van der Waals surface area contributed by atoms with Crippen molar-refractivity contribution in [3.05, 3.63) is 0 Å². The fourth-order valence-corrected chi connectivity index (χ4v) is 6.17. The Hall–Kier alpha value is 0.170. The Labute approximate surface area is 86.8 Å². The number of unbranched alkanes of at least 4 members (excludes halogenated alkanes) is 1. The van der Waals surface area contributed by atoms with Crippen LogP contribution in [-0.2, 0) is 4.79 Å². The Balaban J connectivity index is 2.02. The molecule has 4 heteroatoms. The number of hydrogen-bond acceptors (Lipinski definition) is 2. The molecular formula is C9H19NOS2. The molecule has 0 aliphatic carbocycles. The summed E-state index contributed by atoms with van der Waals surface area (Å²) >= 11 is 0. The number of carbonyl (C=O) groups is 1. The first kappa shape index (κ1) is 11.2. The van der Waals surface area contributed by atoms with E-state index in [1.165, 1.54) is 25.0 Å². The van der Waals surface area contributed by atoms with Gasteiger partial charge in [0.05, 0.1) is 0 Å². The van der Waals surface area contributed by atoms with Crippen LogP contribution in [-0.4, -0.2) is 23.2 Å². The fraction of sp³-hybridized carbons (Fsp3) is 0.889. The van der Waals surface area contributed by atoms with Gasteiger partial charge in [-0.25, -0.2) is 9.93 Å². The van der Waals surface area contributed by atoms with Crippen LogP contribution >= 0.6 is 20.7 Å². The lowest BCUT2D eigenvalue weighted by Gasteiger charge is -2.17. The van der Waals surface area contributed by atoms with E-state index in [9.17, 15) is 4.79 Å². The van der Waals surface area contributed by atoms with Crippen molar-refractivity contribution >= 4 is 26.6 Å². The molecule has 1 aliphatic heterocycles. The molecule has 1 rings (SSSR count). The zero-order chi connectivity index (χ0) is 9.68. The van der Waals surface area contributed by atoms with Gasteiger partial charge in [0, 0.05) is 12.2 Å². The van der Waals surface area contributed by atoms with Crippen LogP contribution in [0.25, 0.3) is 0 Å². The second-order valence-electron chi connectivity index (χ2n) is 3.53. The Morgan fingerprint density at radius 2 is 2.38 bits per heavy atom. The average Bonchev–Trinajstić information content (AvgIpc) is 2.45. The lowest BCUT2D eigenvalue weighted by Crippen LogP contribution is -2.10. The first-order chi connectivity index (χ1) is 6.20. The molecule has 0 bridgehead atoms. The third-order valence-corrected chi connectivity index (χ3v) is 7.51. The molecule has 2 N–H and O–H groups in total. The van der Waals surface area contributed by atoms with Gasteiger partial charge in [0.25, 0.3) is 0 Å². The Kier molecular flexibility index (Phi) is 5.02. The van der Waals surface area contributed by atoms with Gasteiger partial charge < -0.3 is 5.73 Å². The van der Waals surface area contributed by atoms with Crippen LogP contribution in [0.5, 0.6) is 0 Å². The maximum absolute atomic E-state index is 10.5. The van der Waals surface area contributed by atoms with Crippen LogP contribution in [0.3, 0.4) is 0 Å². The Morgan fingerprint density at radius 3 is 2.92 bits per heavy atom. The van der Waals surface area contributed by atoms with Crippen molar-refractivity contribution in [1.82, 2.24) is 0 Å². The van der Waals surface area contributed by atoms with Crippen molar-refractivity contribution in [2.75, 3.05) is 12.0 Å². The molecule has 78 valence electrons. The second kappa shape index (κ2) is 5.81. The summed E-state index contributed by atoms with van der Waals surface area (Å²) in [5.74, 6) is 1.20. The van der Waals surface area contributed by atoms with Crippen molar-refractivity contribution in [3.8, 4) is 0 Å². The maximum Gasteiger partial charge on any atom is 0.217 e. The van der Waals surface area contributed by atoms with Crippen molar-refractivity contribution in [1.29, 1.82) is 0 Å². The third-order valence-electron chi connectivity index (χ3n) is 2.47. The van der Waals surface area contributed by atoms with Crippen molar-refractivity contribution in [3.63, 3.8) is 0 Å². The standard InChI is InChI=1S/C9H19NOS2/c1-13-8(6-7-12-13)4-2-3-5-9(10)11/h8,13H,2-7H2,1H3,(H2,10,11). The van der Waals surface area contributed by atoms with Crippen molar-refractivity contribution in [2.24, 2.45) is 5.73 Å². The van der Waals surface area contributed by atoms with Gasteiger partial charge in [-0.2, -0.15) is 0 Å². The predicted octanol–water partition coefficient (Wildman–Crippen LogP) is 2.08. The smallest absolute Gasteiger partial charge is 0.217 e. The Morgan fingerprint density at radius 1 is 1.62 bits per heavy atom. The first-order valence-electron chi connectivity index (χ1n) is 4.84. The summed E-state index contributed by atoms with van der Waals surface area (Å²) in [6.45, 7) is 0. The van der Waals surface area contributed by atoms with Crippen LogP contribution < -0.4 is 5.73 Å². The number of nitrogens with two attached hydrogens (primary N) is 1. The second-order valence-corrected chi connectivity index (χ2v) is 8.53. The molecule has 0 radical (unpaired) electrons. The molecule has 2 unspecified atom stereocenters. The number of rotatable bonds is 5. The summed E-state index contributed by atoms with van der Waals surface area (Å²) in [5, 5.41) is 0.952. The minimum Gasteiger partial charge on any atom is -0.370 e. The highest BCUT2D eigenvalue weighted by Gasteiger charge is 2.20. The lowest BCUT2D eigenvalue weighted by molar-refractivity contribution is -0.118. The number of hydrogen-bond donors (Lipinski definition) is 2. The molecule has 0 aromatic carbocycles. The van der Waals surface area contributed by atoms with E-state index < -0.39 is 0 Å². The third kappa shape index (κ3) is 4.27. The summed E-state index contributed by atoms with van der Waals surface area (Å²) in [6, 6.07) is 0. The van der Waals surface area contributed by atoms with Crippen molar-refractivity contribution < 1.29 is 4.79 Å². The molecule has 0 spiro atoms. The summed E-state index contributed by atoms with van der Waals surface area (Å²) < 4.78 is 0. The largest absolute Gasteiger partial charge is 0.370 e. The normalized spacial score (nSPS) is 30.5. The van der Waals surface area contributed by atoms with E-state index in [-0.39, 0.29) is 15.8 Å². The summed E-state index contributed by atoms with van der Waals surface area (Å²) in [4.78, 5) is 10.5. The lowest BCUT2D eigenvalue weighted by atomic mass is 10.1. The van der Waals surface area contributed by atoms with Gasteiger partial charge >= 0.3 is 0 Å². The molecule has 0 aromatic rings. The van der Waals surface area contributed by atoms with Gasteiger partial charge in [-0.15, -0.1) is 10.8 Å². The van der Waals surface area contributed by atoms with Crippen molar-refractivity contribution in [2.45, 2.75) is 37.4 Å². The topological polar surface area (TPSA) is 43.1 Å². The van der Waals surface area contributed by atoms with E-state index >= 15 is 0 Å². The highest BCUT2D eigenvalue weighted by atomic mass is 33.1. The van der Waals surface area contributed by atoms with E-state index in [4.69, 9.17) is 5.73 Å². The molecular weight excluding hydrogens is 202 g/mol. The number of amides is 1. The minimum absolute atomic E-state index is 0.153. The number of carbonyl (C=O) groups excluding carboxylic acids is 1. The number of primary amides is 1. The van der Waals surface area contributed by atoms with Crippen LogP contribution in [0, 0.1) is 0 Å². The highest BCUT2D eigenvalue weighted by molar-refractivity contribution is 8.85. The minimum atomic E-state index is -0.153. The van der Waals surface area contributed by atoms with E-state index in [1.807, 2.05) is 0 Å². The van der Waals surface area contributed by atoms with Gasteiger partial charge in [0.15, 0.2) is 0 Å². The molecule has 13 heavy (non-hydrogen) atoms. The van der Waals surface area contributed by atoms with E-state index in [0.29, 0.717) is 6.42 Å². The quantitative estimate of drug-likeness (QED) is 0.424. The fourth-order valence-electron chi connectivity index (χ4n) is 1.63. The first-order valence-corrected chi connectivity index (χ1v) is 8.29.